The van der Waals surface area contributed by atoms with E-state index in [4.69, 9.17) is 4.74 Å². The van der Waals surface area contributed by atoms with Crippen molar-refractivity contribution in [3.05, 3.63) is 89.5 Å². The number of carbonyl (C=O) groups is 1. The van der Waals surface area contributed by atoms with Gasteiger partial charge in [0.2, 0.25) is 0 Å². The Bertz CT molecular complexity index is 1130. The third-order valence-corrected chi connectivity index (χ3v) is 6.14. The van der Waals surface area contributed by atoms with Crippen molar-refractivity contribution in [2.45, 2.75) is 24.8 Å². The summed E-state index contributed by atoms with van der Waals surface area (Å²) in [4.78, 5) is 13.0. The van der Waals surface area contributed by atoms with Gasteiger partial charge < -0.3 is 10.1 Å². The molecule has 0 radical (unpaired) electrons. The van der Waals surface area contributed by atoms with Crippen LogP contribution in [-0.4, -0.2) is 21.4 Å². The summed E-state index contributed by atoms with van der Waals surface area (Å²) >= 11 is 0. The molecular weight excluding hydrogens is 400 g/mol. The fourth-order valence-corrected chi connectivity index (χ4v) is 4.19. The Morgan fingerprint density at radius 3 is 2.23 bits per heavy atom. The number of methoxy groups -OCH3 is 1. The lowest BCUT2D eigenvalue weighted by Gasteiger charge is -2.18. The van der Waals surface area contributed by atoms with Crippen LogP contribution in [0.1, 0.15) is 34.5 Å². The smallest absolute Gasteiger partial charge is 0.261 e. The number of para-hydroxylation sites is 1. The molecule has 0 spiro atoms. The Balaban J connectivity index is 1.88. The zero-order valence-corrected chi connectivity index (χ0v) is 17.9. The minimum Gasteiger partial charge on any atom is -0.497 e. The Kier molecular flexibility index (Phi) is 6.42. The number of ether oxygens (including phenoxy) is 1. The summed E-state index contributed by atoms with van der Waals surface area (Å²) < 4.78 is 33.4. The van der Waals surface area contributed by atoms with Crippen molar-refractivity contribution in [1.82, 2.24) is 5.32 Å². The minimum atomic E-state index is -3.88. The van der Waals surface area contributed by atoms with E-state index in [-0.39, 0.29) is 28.1 Å². The van der Waals surface area contributed by atoms with E-state index in [1.807, 2.05) is 37.3 Å². The van der Waals surface area contributed by atoms with Gasteiger partial charge >= 0.3 is 0 Å². The second kappa shape index (κ2) is 9.00. The third-order valence-electron chi connectivity index (χ3n) is 4.77. The number of anilines is 1. The van der Waals surface area contributed by atoms with Crippen LogP contribution in [0.4, 0.5) is 5.69 Å². The molecule has 6 nitrogen and oxygen atoms in total. The molecule has 1 amide bonds. The van der Waals surface area contributed by atoms with Crippen molar-refractivity contribution in [3.8, 4) is 5.75 Å². The number of benzene rings is 3. The van der Waals surface area contributed by atoms with Crippen LogP contribution in [-0.2, 0) is 10.0 Å². The molecule has 3 aromatic carbocycles. The van der Waals surface area contributed by atoms with Crippen molar-refractivity contribution in [2.24, 2.45) is 0 Å². The number of hydrogen-bond acceptors (Lipinski definition) is 4. The maximum absolute atomic E-state index is 12.9. The number of sulfonamides is 1. The van der Waals surface area contributed by atoms with Crippen molar-refractivity contribution in [1.29, 1.82) is 0 Å². The lowest BCUT2D eigenvalue weighted by molar-refractivity contribution is 0.0940. The van der Waals surface area contributed by atoms with Gasteiger partial charge in [-0.05, 0) is 55.3 Å². The van der Waals surface area contributed by atoms with E-state index in [1.54, 1.807) is 37.3 Å². The van der Waals surface area contributed by atoms with Crippen molar-refractivity contribution in [2.75, 3.05) is 11.8 Å². The molecule has 30 heavy (non-hydrogen) atoms. The van der Waals surface area contributed by atoms with Gasteiger partial charge in [-0.15, -0.1) is 0 Å². The van der Waals surface area contributed by atoms with E-state index < -0.39 is 10.0 Å². The monoisotopic (exact) mass is 424 g/mol. The van der Waals surface area contributed by atoms with Crippen LogP contribution in [0.2, 0.25) is 0 Å². The third kappa shape index (κ3) is 4.80. The fourth-order valence-electron chi connectivity index (χ4n) is 3.04. The second-order valence-electron chi connectivity index (χ2n) is 6.88. The summed E-state index contributed by atoms with van der Waals surface area (Å²) in [7, 11) is -2.37. The molecule has 0 bridgehead atoms. The van der Waals surface area contributed by atoms with Gasteiger partial charge in [-0.25, -0.2) is 8.42 Å². The molecule has 1 unspecified atom stereocenters. The standard InChI is InChI=1S/C23H24N2O4S/c1-16-8-7-11-21(23(26)24-17(2)18-9-5-4-6-10-18)22(16)25-30(27,28)20-14-12-19(29-3)13-15-20/h4-15,17,25H,1-3H3,(H,24,26). The predicted octanol–water partition coefficient (Wildman–Crippen LogP) is 4.30. The lowest BCUT2D eigenvalue weighted by atomic mass is 10.1. The predicted molar refractivity (Wildman–Crippen MR) is 117 cm³/mol. The average molecular weight is 425 g/mol. The summed E-state index contributed by atoms with van der Waals surface area (Å²) in [5, 5.41) is 2.93. The van der Waals surface area contributed by atoms with E-state index in [1.165, 1.54) is 19.2 Å². The molecule has 3 aromatic rings. The number of carbonyl (C=O) groups excluding carboxylic acids is 1. The average Bonchev–Trinajstić information content (AvgIpc) is 2.75. The number of amides is 1. The van der Waals surface area contributed by atoms with E-state index in [2.05, 4.69) is 10.0 Å². The van der Waals surface area contributed by atoms with Crippen LogP contribution >= 0.6 is 0 Å². The molecular formula is C23H24N2O4S. The van der Waals surface area contributed by atoms with Gasteiger partial charge in [0.1, 0.15) is 5.75 Å². The highest BCUT2D eigenvalue weighted by Gasteiger charge is 2.21. The molecule has 0 saturated heterocycles. The first-order valence-corrected chi connectivity index (χ1v) is 10.9. The van der Waals surface area contributed by atoms with Crippen LogP contribution in [0.3, 0.4) is 0 Å². The summed E-state index contributed by atoms with van der Waals surface area (Å²) in [6, 6.07) is 20.5. The Morgan fingerprint density at radius 1 is 0.933 bits per heavy atom. The van der Waals surface area contributed by atoms with E-state index >= 15 is 0 Å². The van der Waals surface area contributed by atoms with Crippen molar-refractivity contribution in [3.63, 3.8) is 0 Å². The lowest BCUT2D eigenvalue weighted by Crippen LogP contribution is -2.28. The Hall–Kier alpha value is -3.32. The van der Waals surface area contributed by atoms with E-state index in [9.17, 15) is 13.2 Å². The number of nitrogens with one attached hydrogen (secondary N) is 2. The molecule has 0 aromatic heterocycles. The maximum atomic E-state index is 12.9. The fraction of sp³-hybridized carbons (Fsp3) is 0.174. The molecule has 1 atom stereocenters. The second-order valence-corrected chi connectivity index (χ2v) is 8.57. The molecule has 3 rings (SSSR count). The highest BCUT2D eigenvalue weighted by atomic mass is 32.2. The first-order valence-electron chi connectivity index (χ1n) is 9.44. The quantitative estimate of drug-likeness (QED) is 0.592. The first kappa shape index (κ1) is 21.4. The van der Waals surface area contributed by atoms with E-state index in [0.717, 1.165) is 5.56 Å². The van der Waals surface area contributed by atoms with Gasteiger partial charge in [0.15, 0.2) is 0 Å². The zero-order chi connectivity index (χ0) is 21.7. The van der Waals surface area contributed by atoms with Gasteiger partial charge in [-0.3, -0.25) is 9.52 Å². The maximum Gasteiger partial charge on any atom is 0.261 e. The van der Waals surface area contributed by atoms with Crippen LogP contribution in [0.15, 0.2) is 77.7 Å². The molecule has 0 aliphatic carbocycles. The van der Waals surface area contributed by atoms with Crippen molar-refractivity contribution >= 4 is 21.6 Å². The Morgan fingerprint density at radius 2 is 1.60 bits per heavy atom. The van der Waals surface area contributed by atoms with Gasteiger partial charge in [-0.1, -0.05) is 42.5 Å². The minimum absolute atomic E-state index is 0.0792. The molecule has 0 aliphatic heterocycles. The summed E-state index contributed by atoms with van der Waals surface area (Å²) in [5.74, 6) is 0.197. The normalized spacial score (nSPS) is 12.1. The van der Waals surface area contributed by atoms with Gasteiger partial charge in [-0.2, -0.15) is 0 Å². The van der Waals surface area contributed by atoms with Crippen LogP contribution in [0, 0.1) is 6.92 Å². The molecule has 0 fully saturated rings. The van der Waals surface area contributed by atoms with Gasteiger partial charge in [0, 0.05) is 0 Å². The zero-order valence-electron chi connectivity index (χ0n) is 17.0. The highest BCUT2D eigenvalue weighted by molar-refractivity contribution is 7.92. The van der Waals surface area contributed by atoms with Crippen molar-refractivity contribution < 1.29 is 17.9 Å². The number of rotatable bonds is 7. The van der Waals surface area contributed by atoms with E-state index in [0.29, 0.717) is 11.3 Å². The molecule has 0 aliphatic rings. The molecule has 0 saturated carbocycles. The Labute approximate surface area is 177 Å². The van der Waals surface area contributed by atoms with Gasteiger partial charge in [0.25, 0.3) is 15.9 Å². The highest BCUT2D eigenvalue weighted by Crippen LogP contribution is 2.26. The number of aryl methyl sites for hydroxylation is 1. The molecule has 2 N–H and O–H groups in total. The summed E-state index contributed by atoms with van der Waals surface area (Å²) in [5.41, 5.74) is 2.12. The van der Waals surface area contributed by atoms with Crippen LogP contribution < -0.4 is 14.8 Å². The molecule has 7 heteroatoms. The number of hydrogen-bond donors (Lipinski definition) is 2. The van der Waals surface area contributed by atoms with Gasteiger partial charge in [0.05, 0.1) is 29.3 Å². The topological polar surface area (TPSA) is 84.5 Å². The molecule has 0 heterocycles. The van der Waals surface area contributed by atoms with Crippen LogP contribution in [0.5, 0.6) is 5.75 Å². The van der Waals surface area contributed by atoms with Crippen LogP contribution in [0.25, 0.3) is 0 Å². The summed E-state index contributed by atoms with van der Waals surface area (Å²) in [6.07, 6.45) is 0. The molecule has 156 valence electrons. The summed E-state index contributed by atoms with van der Waals surface area (Å²) in [6.45, 7) is 3.63. The largest absolute Gasteiger partial charge is 0.497 e. The SMILES string of the molecule is COc1ccc(S(=O)(=O)Nc2c(C)cccc2C(=O)NC(C)c2ccccc2)cc1. The first-order chi connectivity index (χ1) is 14.3.